The maximum absolute atomic E-state index is 10.2. The van der Waals surface area contributed by atoms with Crippen LogP contribution in [0.25, 0.3) is 0 Å². The van der Waals surface area contributed by atoms with Gasteiger partial charge in [-0.15, -0.1) is 0 Å². The van der Waals surface area contributed by atoms with E-state index in [1.54, 1.807) is 0 Å². The molecule has 5 atom stereocenters. The van der Waals surface area contributed by atoms with Gasteiger partial charge in [0.05, 0.1) is 0 Å². The Morgan fingerprint density at radius 3 is 2.70 bits per heavy atom. The predicted octanol–water partition coefficient (Wildman–Crippen LogP) is 2.88. The number of halogens is 1. The summed E-state index contributed by atoms with van der Waals surface area (Å²) in [5.74, 6) is 2.95. The molecule has 2 N–H and O–H groups in total. The summed E-state index contributed by atoms with van der Waals surface area (Å²) in [6.07, 6.45) is 4.27. The molecule has 0 bridgehead atoms. The predicted molar refractivity (Wildman–Crippen MR) is 84.9 cm³/mol. The van der Waals surface area contributed by atoms with E-state index in [-0.39, 0.29) is 12.0 Å². The first kappa shape index (κ1) is 15.2. The number of hydrogen-bond donors (Lipinski definition) is 2. The standard InChI is InChI=1S/C15H25IO4/c1-3-16(18)19-8-13-12-5-4-11(10-6-9(2)7-10)14(12)15(17)20-13/h3,9-15,17-18H,1,4-8H2,2H3/t9?,10?,11-,12?,13-,14+,15?/m1/s1. The Morgan fingerprint density at radius 2 is 2.05 bits per heavy atom. The van der Waals surface area contributed by atoms with E-state index >= 15 is 0 Å². The van der Waals surface area contributed by atoms with Gasteiger partial charge in [0, 0.05) is 0 Å². The summed E-state index contributed by atoms with van der Waals surface area (Å²) in [4.78, 5) is 0. The van der Waals surface area contributed by atoms with Crippen molar-refractivity contribution in [3.8, 4) is 0 Å². The van der Waals surface area contributed by atoms with Gasteiger partial charge in [-0.05, 0) is 0 Å². The third kappa shape index (κ3) is 2.79. The molecule has 0 aromatic rings. The Morgan fingerprint density at radius 1 is 1.35 bits per heavy atom. The van der Waals surface area contributed by atoms with E-state index in [2.05, 4.69) is 13.5 Å². The van der Waals surface area contributed by atoms with Crippen molar-refractivity contribution in [1.82, 2.24) is 0 Å². The van der Waals surface area contributed by atoms with Crippen molar-refractivity contribution in [2.75, 3.05) is 6.61 Å². The van der Waals surface area contributed by atoms with Gasteiger partial charge in [-0.25, -0.2) is 0 Å². The fourth-order valence-electron chi connectivity index (χ4n) is 4.51. The summed E-state index contributed by atoms with van der Waals surface area (Å²) in [6.45, 7) is 6.26. The first-order chi connectivity index (χ1) is 9.60. The molecule has 1 saturated heterocycles. The minimum absolute atomic E-state index is 0.0515. The summed E-state index contributed by atoms with van der Waals surface area (Å²) in [5.41, 5.74) is 0. The van der Waals surface area contributed by atoms with Gasteiger partial charge < -0.3 is 0 Å². The van der Waals surface area contributed by atoms with Gasteiger partial charge in [0.2, 0.25) is 0 Å². The normalized spacial score (nSPS) is 47.8. The molecule has 0 aromatic heterocycles. The zero-order chi connectivity index (χ0) is 14.3. The molecule has 0 spiro atoms. The number of rotatable bonds is 5. The van der Waals surface area contributed by atoms with E-state index in [4.69, 9.17) is 7.80 Å². The Hall–Kier alpha value is 0.310. The van der Waals surface area contributed by atoms with Crippen LogP contribution in [0.2, 0.25) is 0 Å². The van der Waals surface area contributed by atoms with Crippen molar-refractivity contribution < 1.29 is 16.3 Å². The van der Waals surface area contributed by atoms with Crippen molar-refractivity contribution >= 4 is 20.6 Å². The van der Waals surface area contributed by atoms with Crippen molar-refractivity contribution in [3.63, 3.8) is 0 Å². The topological polar surface area (TPSA) is 58.9 Å². The second-order valence-corrected chi connectivity index (χ2v) is 9.53. The zero-order valence-electron chi connectivity index (χ0n) is 12.0. The summed E-state index contributed by atoms with van der Waals surface area (Å²) in [7, 11) is 0. The van der Waals surface area contributed by atoms with E-state index in [9.17, 15) is 8.54 Å². The molecule has 1 heterocycles. The van der Waals surface area contributed by atoms with Crippen LogP contribution in [0.15, 0.2) is 10.7 Å². The van der Waals surface area contributed by atoms with E-state index in [1.165, 1.54) is 23.3 Å². The van der Waals surface area contributed by atoms with Crippen molar-refractivity contribution in [1.29, 1.82) is 0 Å². The van der Waals surface area contributed by atoms with Gasteiger partial charge in [0.1, 0.15) is 0 Å². The number of fused-ring (bicyclic) bond motifs is 1. The number of hydrogen-bond acceptors (Lipinski definition) is 4. The van der Waals surface area contributed by atoms with E-state index < -0.39 is 26.9 Å². The zero-order valence-corrected chi connectivity index (χ0v) is 14.1. The molecule has 5 heteroatoms. The minimum atomic E-state index is -2.40. The van der Waals surface area contributed by atoms with Gasteiger partial charge in [-0.3, -0.25) is 0 Å². The van der Waals surface area contributed by atoms with Crippen molar-refractivity contribution in [2.45, 2.75) is 45.0 Å². The number of aliphatic hydroxyl groups excluding tert-OH is 1. The van der Waals surface area contributed by atoms with Crippen molar-refractivity contribution in [3.05, 3.63) is 10.7 Å². The molecule has 2 saturated carbocycles. The van der Waals surface area contributed by atoms with Crippen LogP contribution in [-0.2, 0) is 7.80 Å². The van der Waals surface area contributed by atoms with Crippen LogP contribution in [0.1, 0.15) is 32.6 Å². The summed E-state index contributed by atoms with van der Waals surface area (Å²) >= 11 is -2.40. The van der Waals surface area contributed by atoms with Crippen LogP contribution in [0, 0.1) is 29.6 Å². The first-order valence-corrected chi connectivity index (χ1v) is 10.7. The van der Waals surface area contributed by atoms with Crippen LogP contribution >= 0.6 is 20.6 Å². The van der Waals surface area contributed by atoms with Gasteiger partial charge in [-0.2, -0.15) is 0 Å². The SMILES string of the molecule is C=CI(O)OC[C@H]1OC(O)[C@@H]2C1CC[C@@H]2C1CC(C)C1. The first-order valence-electron chi connectivity index (χ1n) is 7.57. The second kappa shape index (κ2) is 6.20. The van der Waals surface area contributed by atoms with E-state index in [1.807, 2.05) is 0 Å². The average molecular weight is 396 g/mol. The second-order valence-electron chi connectivity index (χ2n) is 6.57. The van der Waals surface area contributed by atoms with Crippen LogP contribution in [-0.4, -0.2) is 27.5 Å². The Balaban J connectivity index is 1.58. The fraction of sp³-hybridized carbons (Fsp3) is 0.867. The molecule has 116 valence electrons. The molecule has 3 rings (SSSR count). The Kier molecular flexibility index (Phi) is 4.72. The van der Waals surface area contributed by atoms with Gasteiger partial charge in [0.15, 0.2) is 0 Å². The van der Waals surface area contributed by atoms with Crippen LogP contribution < -0.4 is 0 Å². The molecular weight excluding hydrogens is 371 g/mol. The molecule has 3 fully saturated rings. The van der Waals surface area contributed by atoms with E-state index in [0.717, 1.165) is 18.3 Å². The van der Waals surface area contributed by atoms with Crippen molar-refractivity contribution in [2.24, 2.45) is 29.6 Å². The van der Waals surface area contributed by atoms with Gasteiger partial charge in [-0.1, -0.05) is 0 Å². The Bertz CT molecular complexity index is 358. The quantitative estimate of drug-likeness (QED) is 0.702. The fourth-order valence-corrected chi connectivity index (χ4v) is 5.49. The number of ether oxygens (including phenoxy) is 1. The summed E-state index contributed by atoms with van der Waals surface area (Å²) in [6, 6.07) is 0. The van der Waals surface area contributed by atoms with Crippen LogP contribution in [0.5, 0.6) is 0 Å². The number of aliphatic hydroxyl groups is 1. The van der Waals surface area contributed by atoms with Crippen LogP contribution in [0.4, 0.5) is 0 Å². The Labute approximate surface area is 129 Å². The third-order valence-electron chi connectivity index (χ3n) is 5.43. The average Bonchev–Trinajstić information content (AvgIpc) is 2.94. The maximum atomic E-state index is 10.2. The molecule has 1 aliphatic heterocycles. The molecule has 4 nitrogen and oxygen atoms in total. The molecular formula is C15H25IO4. The van der Waals surface area contributed by atoms with Crippen LogP contribution in [0.3, 0.4) is 0 Å². The van der Waals surface area contributed by atoms with Gasteiger partial charge >= 0.3 is 129 Å². The molecule has 0 amide bonds. The molecule has 0 aromatic carbocycles. The molecule has 3 aliphatic rings. The molecule has 2 unspecified atom stereocenters. The molecule has 0 radical (unpaired) electrons. The summed E-state index contributed by atoms with van der Waals surface area (Å²) in [5, 5.41) is 10.2. The van der Waals surface area contributed by atoms with Gasteiger partial charge in [0.25, 0.3) is 0 Å². The summed E-state index contributed by atoms with van der Waals surface area (Å²) < 4.78 is 22.2. The molecule has 20 heavy (non-hydrogen) atoms. The van der Waals surface area contributed by atoms with E-state index in [0.29, 0.717) is 18.4 Å². The third-order valence-corrected chi connectivity index (χ3v) is 7.18. The molecule has 2 aliphatic carbocycles. The monoisotopic (exact) mass is 396 g/mol.